The quantitative estimate of drug-likeness (QED) is 0.777. The van der Waals surface area contributed by atoms with E-state index in [0.717, 1.165) is 0 Å². The zero-order valence-corrected chi connectivity index (χ0v) is 11.9. The lowest BCUT2D eigenvalue weighted by Gasteiger charge is -2.26. The molecule has 1 rings (SSSR count). The van der Waals surface area contributed by atoms with Crippen LogP contribution in [-0.4, -0.2) is 44.7 Å². The Morgan fingerprint density at radius 3 is 2.65 bits per heavy atom. The second-order valence-electron chi connectivity index (χ2n) is 4.67. The van der Waals surface area contributed by atoms with Crippen molar-refractivity contribution in [3.63, 3.8) is 0 Å². The number of rotatable bonds is 7. The number of carboxylic acids is 1. The number of carboxylic acid groups (broad SMARTS) is 1. The van der Waals surface area contributed by atoms with Crippen LogP contribution >= 0.6 is 0 Å². The summed E-state index contributed by atoms with van der Waals surface area (Å²) in [5, 5.41) is 15.0. The van der Waals surface area contributed by atoms with Crippen LogP contribution in [0.15, 0.2) is 4.52 Å². The molecule has 2 amide bonds. The van der Waals surface area contributed by atoms with Crippen molar-refractivity contribution in [3.8, 4) is 0 Å². The van der Waals surface area contributed by atoms with Crippen molar-refractivity contribution in [3.05, 3.63) is 11.7 Å². The zero-order chi connectivity index (χ0) is 15.1. The molecule has 0 aliphatic rings. The molecule has 2 N–H and O–H groups in total. The number of carbonyl (C=O) groups is 2. The van der Waals surface area contributed by atoms with Crippen LogP contribution in [0.3, 0.4) is 0 Å². The topological polar surface area (TPSA) is 109 Å². The molecule has 1 aromatic rings. The van der Waals surface area contributed by atoms with Gasteiger partial charge in [0.2, 0.25) is 5.89 Å². The minimum absolute atomic E-state index is 0.0178. The number of urea groups is 1. The van der Waals surface area contributed by atoms with Crippen LogP contribution in [0.5, 0.6) is 0 Å². The third-order valence-corrected chi connectivity index (χ3v) is 2.64. The molecule has 1 aromatic heterocycles. The molecule has 1 heterocycles. The molecular weight excluding hydrogens is 264 g/mol. The van der Waals surface area contributed by atoms with Gasteiger partial charge in [0.05, 0.1) is 6.54 Å². The van der Waals surface area contributed by atoms with E-state index < -0.39 is 5.97 Å². The average molecular weight is 284 g/mol. The molecule has 0 radical (unpaired) electrons. The maximum Gasteiger partial charge on any atom is 0.318 e. The van der Waals surface area contributed by atoms with Gasteiger partial charge in [-0.15, -0.1) is 0 Å². The summed E-state index contributed by atoms with van der Waals surface area (Å²) in [7, 11) is 0. The van der Waals surface area contributed by atoms with E-state index >= 15 is 0 Å². The summed E-state index contributed by atoms with van der Waals surface area (Å²) in [5.41, 5.74) is 0. The Labute approximate surface area is 117 Å². The molecule has 8 nitrogen and oxygen atoms in total. The number of carbonyl (C=O) groups excluding carboxylic acids is 1. The molecule has 8 heteroatoms. The molecule has 0 bridgehead atoms. The minimum Gasteiger partial charge on any atom is -0.481 e. The van der Waals surface area contributed by atoms with Crippen molar-refractivity contribution < 1.29 is 19.2 Å². The van der Waals surface area contributed by atoms with Crippen molar-refractivity contribution in [1.29, 1.82) is 0 Å². The Hall–Kier alpha value is -2.12. The first-order valence-electron chi connectivity index (χ1n) is 6.45. The van der Waals surface area contributed by atoms with Crippen LogP contribution < -0.4 is 5.32 Å². The molecule has 20 heavy (non-hydrogen) atoms. The number of aromatic nitrogens is 2. The van der Waals surface area contributed by atoms with Gasteiger partial charge in [0.25, 0.3) is 0 Å². The first-order valence-corrected chi connectivity index (χ1v) is 6.45. The van der Waals surface area contributed by atoms with Gasteiger partial charge in [0.15, 0.2) is 5.82 Å². The molecular formula is C12H20N4O4. The molecule has 0 aliphatic heterocycles. The van der Waals surface area contributed by atoms with Gasteiger partial charge >= 0.3 is 12.0 Å². The summed E-state index contributed by atoms with van der Waals surface area (Å²) in [6.45, 7) is 5.99. The zero-order valence-electron chi connectivity index (χ0n) is 11.9. The van der Waals surface area contributed by atoms with Crippen LogP contribution in [0.4, 0.5) is 4.79 Å². The van der Waals surface area contributed by atoms with E-state index in [1.807, 2.05) is 13.8 Å². The smallest absolute Gasteiger partial charge is 0.318 e. The van der Waals surface area contributed by atoms with Gasteiger partial charge in [0.1, 0.15) is 0 Å². The largest absolute Gasteiger partial charge is 0.481 e. The Kier molecular flexibility index (Phi) is 5.95. The molecule has 0 aromatic carbocycles. The molecule has 0 unspecified atom stereocenters. The lowest BCUT2D eigenvalue weighted by atomic mass is 10.2. The van der Waals surface area contributed by atoms with Crippen molar-refractivity contribution in [1.82, 2.24) is 20.4 Å². The van der Waals surface area contributed by atoms with Gasteiger partial charge in [-0.2, -0.15) is 4.98 Å². The monoisotopic (exact) mass is 284 g/mol. The Balaban J connectivity index is 2.45. The highest BCUT2D eigenvalue weighted by Crippen LogP contribution is 2.03. The number of hydrogen-bond acceptors (Lipinski definition) is 5. The number of nitrogens with zero attached hydrogens (tertiary/aromatic N) is 3. The Morgan fingerprint density at radius 2 is 2.15 bits per heavy atom. The SMILES string of the molecule is Cc1nc(CNC(=O)N(CCCC(=O)O)C(C)C)no1. The highest BCUT2D eigenvalue weighted by molar-refractivity contribution is 5.74. The summed E-state index contributed by atoms with van der Waals surface area (Å²) in [6.07, 6.45) is 0.461. The summed E-state index contributed by atoms with van der Waals surface area (Å²) in [6, 6.07) is -0.288. The lowest BCUT2D eigenvalue weighted by molar-refractivity contribution is -0.137. The van der Waals surface area contributed by atoms with E-state index in [2.05, 4.69) is 15.5 Å². The second-order valence-corrected chi connectivity index (χ2v) is 4.67. The highest BCUT2D eigenvalue weighted by atomic mass is 16.5. The third kappa shape index (κ3) is 5.25. The first-order chi connectivity index (χ1) is 9.40. The van der Waals surface area contributed by atoms with Crippen LogP contribution in [0.25, 0.3) is 0 Å². The number of nitrogens with one attached hydrogen (secondary N) is 1. The molecule has 112 valence electrons. The molecule has 0 spiro atoms. The second kappa shape index (κ2) is 7.46. The fourth-order valence-corrected chi connectivity index (χ4v) is 1.66. The van der Waals surface area contributed by atoms with Crippen molar-refractivity contribution in [2.24, 2.45) is 0 Å². The van der Waals surface area contributed by atoms with Gasteiger partial charge in [0, 0.05) is 25.9 Å². The average Bonchev–Trinajstić information content (AvgIpc) is 2.77. The summed E-state index contributed by atoms with van der Waals surface area (Å²) < 4.78 is 4.80. The summed E-state index contributed by atoms with van der Waals surface area (Å²) in [5.74, 6) is -0.0158. The van der Waals surface area contributed by atoms with Crippen molar-refractivity contribution >= 4 is 12.0 Å². The molecule has 0 aliphatic carbocycles. The Bertz CT molecular complexity index is 458. The van der Waals surface area contributed by atoms with Gasteiger partial charge in [-0.3, -0.25) is 4.79 Å². The first kappa shape index (κ1) is 15.9. The van der Waals surface area contributed by atoms with Gasteiger partial charge in [-0.1, -0.05) is 5.16 Å². The van der Waals surface area contributed by atoms with Gasteiger partial charge in [-0.05, 0) is 20.3 Å². The van der Waals surface area contributed by atoms with E-state index in [1.54, 1.807) is 11.8 Å². The third-order valence-electron chi connectivity index (χ3n) is 2.64. The highest BCUT2D eigenvalue weighted by Gasteiger charge is 2.17. The van der Waals surface area contributed by atoms with Gasteiger partial charge < -0.3 is 19.8 Å². The predicted molar refractivity (Wildman–Crippen MR) is 70.0 cm³/mol. The molecule has 0 fully saturated rings. The summed E-state index contributed by atoms with van der Waals surface area (Å²) >= 11 is 0. The predicted octanol–water partition coefficient (Wildman–Crippen LogP) is 1.16. The number of aliphatic carboxylic acids is 1. The number of amides is 2. The van der Waals surface area contributed by atoms with Crippen LogP contribution in [0.1, 0.15) is 38.4 Å². The fourth-order valence-electron chi connectivity index (χ4n) is 1.66. The van der Waals surface area contributed by atoms with Crippen molar-refractivity contribution in [2.75, 3.05) is 6.54 Å². The van der Waals surface area contributed by atoms with E-state index in [9.17, 15) is 9.59 Å². The van der Waals surface area contributed by atoms with E-state index in [1.165, 1.54) is 0 Å². The maximum absolute atomic E-state index is 12.0. The summed E-state index contributed by atoms with van der Waals surface area (Å²) in [4.78, 5) is 28.1. The van der Waals surface area contributed by atoms with Gasteiger partial charge in [-0.25, -0.2) is 4.79 Å². The van der Waals surface area contributed by atoms with Crippen LogP contribution in [-0.2, 0) is 11.3 Å². The standard InChI is InChI=1S/C12H20N4O4/c1-8(2)16(6-4-5-11(17)18)12(19)13-7-10-14-9(3)20-15-10/h8H,4-7H2,1-3H3,(H,13,19)(H,17,18). The minimum atomic E-state index is -0.864. The molecule has 0 atom stereocenters. The van der Waals surface area contributed by atoms with E-state index in [4.69, 9.17) is 9.63 Å². The van der Waals surface area contributed by atoms with Crippen molar-refractivity contribution in [2.45, 2.75) is 46.2 Å². The molecule has 0 saturated carbocycles. The lowest BCUT2D eigenvalue weighted by Crippen LogP contribution is -2.44. The maximum atomic E-state index is 12.0. The Morgan fingerprint density at radius 1 is 1.45 bits per heavy atom. The van der Waals surface area contributed by atoms with E-state index in [-0.39, 0.29) is 25.0 Å². The number of aryl methyl sites for hydroxylation is 1. The van der Waals surface area contributed by atoms with E-state index in [0.29, 0.717) is 24.7 Å². The number of hydrogen-bond donors (Lipinski definition) is 2. The van der Waals surface area contributed by atoms with Crippen LogP contribution in [0, 0.1) is 6.92 Å². The normalized spacial score (nSPS) is 10.6. The molecule has 0 saturated heterocycles. The van der Waals surface area contributed by atoms with Crippen LogP contribution in [0.2, 0.25) is 0 Å². The fraction of sp³-hybridized carbons (Fsp3) is 0.667.